The standard InChI is InChI=1S/C22H24N4O5S/c1-14-9-15-10-16(5-6-18(15)25-14)31-22-17-11-20(29-3)21(12-19(17)23-13-24-22)30-8-7-26(2)32(4,27)28/h5-6,9-13,25H,7-8H2,1-4H3. The largest absolute Gasteiger partial charge is 0.493 e. The van der Waals surface area contributed by atoms with Crippen LogP contribution in [0.2, 0.25) is 0 Å². The lowest BCUT2D eigenvalue weighted by molar-refractivity contribution is 0.272. The molecule has 10 heteroatoms. The molecule has 9 nitrogen and oxygen atoms in total. The van der Waals surface area contributed by atoms with E-state index < -0.39 is 10.0 Å². The number of ether oxygens (including phenoxy) is 3. The van der Waals surface area contributed by atoms with Crippen molar-refractivity contribution in [3.05, 3.63) is 48.4 Å². The fourth-order valence-corrected chi connectivity index (χ4v) is 3.68. The van der Waals surface area contributed by atoms with Gasteiger partial charge in [-0.25, -0.2) is 22.7 Å². The Bertz CT molecular complexity index is 1380. The van der Waals surface area contributed by atoms with Crippen LogP contribution >= 0.6 is 0 Å². The Morgan fingerprint density at radius 2 is 1.91 bits per heavy atom. The van der Waals surface area contributed by atoms with Crippen molar-refractivity contribution in [1.29, 1.82) is 0 Å². The molecule has 0 bridgehead atoms. The highest BCUT2D eigenvalue weighted by Gasteiger charge is 2.15. The second-order valence-electron chi connectivity index (χ2n) is 7.44. The molecule has 0 radical (unpaired) electrons. The number of benzene rings is 2. The molecule has 0 aliphatic rings. The Hall–Kier alpha value is -3.37. The molecule has 1 N–H and O–H groups in total. The number of likely N-dealkylation sites (N-methyl/N-ethyl adjacent to an activating group) is 1. The van der Waals surface area contributed by atoms with Crippen molar-refractivity contribution in [2.24, 2.45) is 0 Å². The lowest BCUT2D eigenvalue weighted by Crippen LogP contribution is -2.29. The SMILES string of the molecule is COc1cc2c(Oc3ccc4[nH]c(C)cc4c3)ncnc2cc1OCCN(C)S(C)(=O)=O. The molecule has 4 rings (SSSR count). The highest BCUT2D eigenvalue weighted by molar-refractivity contribution is 7.88. The summed E-state index contributed by atoms with van der Waals surface area (Å²) in [7, 11) is -0.242. The maximum Gasteiger partial charge on any atom is 0.230 e. The number of aromatic nitrogens is 3. The lowest BCUT2D eigenvalue weighted by atomic mass is 10.2. The number of H-pyrrole nitrogens is 1. The number of methoxy groups -OCH3 is 1. The van der Waals surface area contributed by atoms with E-state index in [0.717, 1.165) is 22.9 Å². The maximum absolute atomic E-state index is 11.5. The fourth-order valence-electron chi connectivity index (χ4n) is 3.27. The van der Waals surface area contributed by atoms with Crippen LogP contribution < -0.4 is 14.2 Å². The third-order valence-corrected chi connectivity index (χ3v) is 6.37. The molecule has 0 fully saturated rings. The van der Waals surface area contributed by atoms with Crippen LogP contribution in [0.4, 0.5) is 0 Å². The van der Waals surface area contributed by atoms with E-state index in [-0.39, 0.29) is 13.2 Å². The van der Waals surface area contributed by atoms with E-state index in [2.05, 4.69) is 15.0 Å². The molecular weight excluding hydrogens is 432 g/mol. The molecular formula is C22H24N4O5S. The number of rotatable bonds is 8. The van der Waals surface area contributed by atoms with Gasteiger partial charge in [0.2, 0.25) is 15.9 Å². The van der Waals surface area contributed by atoms with E-state index in [1.165, 1.54) is 24.8 Å². The first-order chi connectivity index (χ1) is 15.2. The first kappa shape index (κ1) is 21.8. The highest BCUT2D eigenvalue weighted by Crippen LogP contribution is 2.36. The number of aryl methyl sites for hydroxylation is 1. The van der Waals surface area contributed by atoms with E-state index in [4.69, 9.17) is 14.2 Å². The Labute approximate surface area is 186 Å². The van der Waals surface area contributed by atoms with Crippen LogP contribution in [0, 0.1) is 6.92 Å². The Kier molecular flexibility index (Phi) is 5.90. The lowest BCUT2D eigenvalue weighted by Gasteiger charge is -2.16. The van der Waals surface area contributed by atoms with E-state index in [1.807, 2.05) is 31.2 Å². The summed E-state index contributed by atoms with van der Waals surface area (Å²) in [6.45, 7) is 2.37. The molecule has 2 heterocycles. The maximum atomic E-state index is 11.5. The van der Waals surface area contributed by atoms with Gasteiger partial charge in [-0.1, -0.05) is 0 Å². The zero-order chi connectivity index (χ0) is 22.9. The number of aromatic amines is 1. The minimum atomic E-state index is -3.27. The minimum Gasteiger partial charge on any atom is -0.493 e. The van der Waals surface area contributed by atoms with E-state index in [9.17, 15) is 8.42 Å². The van der Waals surface area contributed by atoms with E-state index in [0.29, 0.717) is 34.0 Å². The van der Waals surface area contributed by atoms with Crippen molar-refractivity contribution in [2.45, 2.75) is 6.92 Å². The van der Waals surface area contributed by atoms with Crippen molar-refractivity contribution < 1.29 is 22.6 Å². The van der Waals surface area contributed by atoms with Crippen LogP contribution in [0.25, 0.3) is 21.8 Å². The summed E-state index contributed by atoms with van der Waals surface area (Å²) in [6.07, 6.45) is 2.57. The average molecular weight is 457 g/mol. The van der Waals surface area contributed by atoms with E-state index >= 15 is 0 Å². The van der Waals surface area contributed by atoms with Crippen LogP contribution in [0.3, 0.4) is 0 Å². The predicted molar refractivity (Wildman–Crippen MR) is 122 cm³/mol. The molecule has 32 heavy (non-hydrogen) atoms. The van der Waals surface area contributed by atoms with Gasteiger partial charge in [-0.3, -0.25) is 0 Å². The molecule has 2 aromatic carbocycles. The Morgan fingerprint density at radius 1 is 1.09 bits per heavy atom. The number of fused-ring (bicyclic) bond motifs is 2. The summed E-state index contributed by atoms with van der Waals surface area (Å²) in [4.78, 5) is 11.9. The second-order valence-corrected chi connectivity index (χ2v) is 9.52. The molecule has 2 aromatic heterocycles. The smallest absolute Gasteiger partial charge is 0.230 e. The van der Waals surface area contributed by atoms with Gasteiger partial charge in [0, 0.05) is 36.3 Å². The summed E-state index contributed by atoms with van der Waals surface area (Å²) >= 11 is 0. The summed E-state index contributed by atoms with van der Waals surface area (Å²) in [5.74, 6) is 1.97. The number of hydrogen-bond acceptors (Lipinski definition) is 7. The molecule has 0 atom stereocenters. The Balaban J connectivity index is 1.60. The van der Waals surface area contributed by atoms with Crippen molar-refractivity contribution in [1.82, 2.24) is 19.3 Å². The molecule has 0 saturated carbocycles. The summed E-state index contributed by atoms with van der Waals surface area (Å²) in [6, 6.07) is 11.3. The number of nitrogens with one attached hydrogen (secondary N) is 1. The molecule has 0 amide bonds. The number of hydrogen-bond donors (Lipinski definition) is 1. The fraction of sp³-hybridized carbons (Fsp3) is 0.273. The van der Waals surface area contributed by atoms with Gasteiger partial charge in [0.15, 0.2) is 11.5 Å². The van der Waals surface area contributed by atoms with Gasteiger partial charge in [-0.2, -0.15) is 0 Å². The van der Waals surface area contributed by atoms with Gasteiger partial charge >= 0.3 is 0 Å². The van der Waals surface area contributed by atoms with Gasteiger partial charge in [0.1, 0.15) is 18.7 Å². The Morgan fingerprint density at radius 3 is 2.66 bits per heavy atom. The van der Waals surface area contributed by atoms with E-state index in [1.54, 1.807) is 12.1 Å². The topological polar surface area (TPSA) is 107 Å². The minimum absolute atomic E-state index is 0.163. The average Bonchev–Trinajstić information content (AvgIpc) is 3.12. The van der Waals surface area contributed by atoms with Crippen molar-refractivity contribution >= 4 is 31.8 Å². The quantitative estimate of drug-likeness (QED) is 0.432. The number of sulfonamides is 1. The van der Waals surface area contributed by atoms with Crippen LogP contribution in [0.15, 0.2) is 42.7 Å². The zero-order valence-electron chi connectivity index (χ0n) is 18.2. The third-order valence-electron chi connectivity index (χ3n) is 5.06. The normalized spacial score (nSPS) is 11.9. The van der Waals surface area contributed by atoms with Gasteiger partial charge in [-0.15, -0.1) is 0 Å². The molecule has 0 unspecified atom stereocenters. The summed E-state index contributed by atoms with van der Waals surface area (Å²) in [5.41, 5.74) is 2.72. The monoisotopic (exact) mass is 456 g/mol. The molecule has 0 spiro atoms. The van der Waals surface area contributed by atoms with Gasteiger partial charge in [-0.05, 0) is 37.3 Å². The van der Waals surface area contributed by atoms with Crippen molar-refractivity contribution in [3.63, 3.8) is 0 Å². The first-order valence-corrected chi connectivity index (χ1v) is 11.7. The highest BCUT2D eigenvalue weighted by atomic mass is 32.2. The van der Waals surface area contributed by atoms with Crippen LogP contribution in [0.5, 0.6) is 23.1 Å². The second kappa shape index (κ2) is 8.64. The van der Waals surface area contributed by atoms with Gasteiger partial charge in [0.25, 0.3) is 0 Å². The zero-order valence-corrected chi connectivity index (χ0v) is 19.1. The van der Waals surface area contributed by atoms with Gasteiger partial charge in [0.05, 0.1) is 24.3 Å². The van der Waals surface area contributed by atoms with Gasteiger partial charge < -0.3 is 19.2 Å². The molecule has 0 aliphatic heterocycles. The molecule has 0 saturated heterocycles. The van der Waals surface area contributed by atoms with Crippen LogP contribution in [-0.4, -0.2) is 61.2 Å². The first-order valence-electron chi connectivity index (χ1n) is 9.88. The summed E-state index contributed by atoms with van der Waals surface area (Å²) in [5, 5.41) is 1.71. The van der Waals surface area contributed by atoms with Crippen LogP contribution in [-0.2, 0) is 10.0 Å². The molecule has 168 valence electrons. The van der Waals surface area contributed by atoms with Crippen molar-refractivity contribution in [2.75, 3.05) is 33.6 Å². The van der Waals surface area contributed by atoms with Crippen molar-refractivity contribution in [3.8, 4) is 23.1 Å². The predicted octanol–water partition coefficient (Wildman–Crippen LogP) is 3.49. The summed E-state index contributed by atoms with van der Waals surface area (Å²) < 4.78 is 41.6. The molecule has 4 aromatic rings. The third kappa shape index (κ3) is 4.61. The number of nitrogens with zero attached hydrogens (tertiary/aromatic N) is 3. The molecule has 0 aliphatic carbocycles. The van der Waals surface area contributed by atoms with Crippen LogP contribution in [0.1, 0.15) is 5.69 Å².